The van der Waals surface area contributed by atoms with Gasteiger partial charge >= 0.3 is 0 Å². The van der Waals surface area contributed by atoms with Crippen LogP contribution in [0, 0.1) is 5.92 Å². The van der Waals surface area contributed by atoms with Gasteiger partial charge in [-0.2, -0.15) is 0 Å². The maximum Gasteiger partial charge on any atom is 0.232 e. The Labute approximate surface area is 266 Å². The fraction of sp³-hybridized carbons (Fsp3) is 0.300. The number of benzene rings is 4. The minimum atomic E-state index is -0.378. The third kappa shape index (κ3) is 5.97. The minimum Gasteiger partial charge on any atom is -0.331 e. The number of hydrogen-bond acceptors (Lipinski definition) is 3. The molecule has 5 heteroatoms. The maximum absolute atomic E-state index is 14.2. The molecule has 0 N–H and O–H groups in total. The number of piperidine rings is 1. The van der Waals surface area contributed by atoms with Crippen LogP contribution in [0.2, 0.25) is 0 Å². The maximum atomic E-state index is 14.2. The summed E-state index contributed by atoms with van der Waals surface area (Å²) in [5.41, 5.74) is 6.05. The molecule has 2 amide bonds. The lowest BCUT2D eigenvalue weighted by atomic mass is 9.74. The van der Waals surface area contributed by atoms with Crippen LogP contribution >= 0.6 is 0 Å². The molecule has 0 bridgehead atoms. The molecular weight excluding hydrogens is 554 g/mol. The fourth-order valence-electron chi connectivity index (χ4n) is 7.66. The van der Waals surface area contributed by atoms with Gasteiger partial charge < -0.3 is 14.7 Å². The van der Waals surface area contributed by atoms with Crippen molar-refractivity contribution in [2.24, 2.45) is 5.92 Å². The summed E-state index contributed by atoms with van der Waals surface area (Å²) in [6.45, 7) is 4.13. The minimum absolute atomic E-state index is 0.0313. The Kier molecular flexibility index (Phi) is 8.36. The standard InChI is InChI=1S/C40H41N3O2/c44-37-29-34(30-43(37)38(32-14-4-1-5-15-32)33-16-6-2-7-17-33)39(45)42(35-18-8-3-9-19-35)26-12-25-41-27-23-40(24-28-41)22-21-31-13-10-11-20-36(31)40/h1-11,13-22,34,38H,12,23-30H2. The first-order valence-corrected chi connectivity index (χ1v) is 16.4. The van der Waals surface area contributed by atoms with Crippen molar-refractivity contribution in [1.29, 1.82) is 0 Å². The second-order valence-corrected chi connectivity index (χ2v) is 12.8. The van der Waals surface area contributed by atoms with E-state index in [1.54, 1.807) is 0 Å². The SMILES string of the molecule is O=C(C1CC(=O)N(C(c2ccccc2)c2ccccc2)C1)N(CCCN1CCC2(C=Cc3ccccc32)CC1)c1ccccc1. The van der Waals surface area contributed by atoms with Crippen LogP contribution in [0.5, 0.6) is 0 Å². The second-order valence-electron chi connectivity index (χ2n) is 12.8. The molecule has 0 aromatic heterocycles. The highest BCUT2D eigenvalue weighted by Crippen LogP contribution is 2.43. The molecule has 1 spiro atoms. The average molecular weight is 596 g/mol. The molecule has 7 rings (SSSR count). The van der Waals surface area contributed by atoms with Gasteiger partial charge in [0.05, 0.1) is 12.0 Å². The summed E-state index contributed by atoms with van der Waals surface area (Å²) >= 11 is 0. The third-order valence-corrected chi connectivity index (χ3v) is 10.1. The van der Waals surface area contributed by atoms with Crippen molar-refractivity contribution in [1.82, 2.24) is 9.80 Å². The first-order chi connectivity index (χ1) is 22.1. The van der Waals surface area contributed by atoms with Crippen LogP contribution in [0.4, 0.5) is 5.69 Å². The van der Waals surface area contributed by atoms with Gasteiger partial charge in [-0.3, -0.25) is 9.59 Å². The lowest BCUT2D eigenvalue weighted by molar-refractivity contribution is -0.129. The molecule has 1 aliphatic carbocycles. The molecule has 2 fully saturated rings. The van der Waals surface area contributed by atoms with Gasteiger partial charge in [0, 0.05) is 30.6 Å². The van der Waals surface area contributed by atoms with Crippen LogP contribution in [-0.4, -0.2) is 54.3 Å². The summed E-state index contributed by atoms with van der Waals surface area (Å²) in [5.74, 6) is -0.303. The molecule has 45 heavy (non-hydrogen) atoms. The Bertz CT molecular complexity index is 1610. The van der Waals surface area contributed by atoms with E-state index in [-0.39, 0.29) is 35.6 Å². The van der Waals surface area contributed by atoms with Crippen LogP contribution in [0.1, 0.15) is 54.0 Å². The number of allylic oxidation sites excluding steroid dienone is 1. The van der Waals surface area contributed by atoms with E-state index in [9.17, 15) is 9.59 Å². The summed E-state index contributed by atoms with van der Waals surface area (Å²) in [6.07, 6.45) is 8.11. The quantitative estimate of drug-likeness (QED) is 0.207. The Morgan fingerprint density at radius 3 is 2.07 bits per heavy atom. The van der Waals surface area contributed by atoms with E-state index in [4.69, 9.17) is 0 Å². The fourth-order valence-corrected chi connectivity index (χ4v) is 7.66. The number of nitrogens with zero attached hydrogens (tertiary/aromatic N) is 3. The van der Waals surface area contributed by atoms with Gasteiger partial charge in [0.1, 0.15) is 0 Å². The number of hydrogen-bond donors (Lipinski definition) is 0. The molecular formula is C40H41N3O2. The summed E-state index contributed by atoms with van der Waals surface area (Å²) < 4.78 is 0. The Balaban J connectivity index is 1.02. The molecule has 2 heterocycles. The van der Waals surface area contributed by atoms with Crippen molar-refractivity contribution in [3.05, 3.63) is 144 Å². The summed E-state index contributed by atoms with van der Waals surface area (Å²) in [4.78, 5) is 34.2. The molecule has 1 atom stereocenters. The van der Waals surface area contributed by atoms with E-state index in [2.05, 4.69) is 65.6 Å². The number of carbonyl (C=O) groups is 2. The van der Waals surface area contributed by atoms with Crippen molar-refractivity contribution in [3.8, 4) is 0 Å². The van der Waals surface area contributed by atoms with E-state index in [1.165, 1.54) is 11.1 Å². The van der Waals surface area contributed by atoms with Crippen LogP contribution in [0.3, 0.4) is 0 Å². The molecule has 3 aliphatic rings. The number of likely N-dealkylation sites (tertiary alicyclic amines) is 2. The topological polar surface area (TPSA) is 43.9 Å². The molecule has 0 radical (unpaired) electrons. The molecule has 1 unspecified atom stereocenters. The van der Waals surface area contributed by atoms with Crippen LogP contribution in [-0.2, 0) is 15.0 Å². The van der Waals surface area contributed by atoms with E-state index < -0.39 is 0 Å². The van der Waals surface area contributed by atoms with Crippen LogP contribution in [0.25, 0.3) is 6.08 Å². The van der Waals surface area contributed by atoms with Gasteiger partial charge in [-0.15, -0.1) is 0 Å². The van der Waals surface area contributed by atoms with Crippen LogP contribution < -0.4 is 4.90 Å². The van der Waals surface area contributed by atoms with Gasteiger partial charge in [-0.05, 0) is 73.3 Å². The van der Waals surface area contributed by atoms with Gasteiger partial charge in [0.2, 0.25) is 11.8 Å². The molecule has 5 nitrogen and oxygen atoms in total. The Morgan fingerprint density at radius 2 is 1.40 bits per heavy atom. The molecule has 228 valence electrons. The first-order valence-electron chi connectivity index (χ1n) is 16.4. The molecule has 4 aromatic carbocycles. The van der Waals surface area contributed by atoms with E-state index >= 15 is 0 Å². The van der Waals surface area contributed by atoms with Gasteiger partial charge in [0.15, 0.2) is 0 Å². The predicted molar refractivity (Wildman–Crippen MR) is 181 cm³/mol. The Morgan fingerprint density at radius 1 is 0.800 bits per heavy atom. The average Bonchev–Trinajstić information content (AvgIpc) is 3.65. The lowest BCUT2D eigenvalue weighted by Crippen LogP contribution is -2.43. The van der Waals surface area contributed by atoms with E-state index in [1.807, 2.05) is 76.5 Å². The first kappa shape index (κ1) is 29.2. The Hall–Kier alpha value is -4.48. The molecule has 2 saturated heterocycles. The van der Waals surface area contributed by atoms with Crippen LogP contribution in [0.15, 0.2) is 121 Å². The van der Waals surface area contributed by atoms with Crippen molar-refractivity contribution >= 4 is 23.6 Å². The van der Waals surface area contributed by atoms with Crippen molar-refractivity contribution in [3.63, 3.8) is 0 Å². The zero-order valence-electron chi connectivity index (χ0n) is 25.8. The lowest BCUT2D eigenvalue weighted by Gasteiger charge is -2.39. The smallest absolute Gasteiger partial charge is 0.232 e. The van der Waals surface area contributed by atoms with Crippen molar-refractivity contribution in [2.75, 3.05) is 37.6 Å². The highest BCUT2D eigenvalue weighted by atomic mass is 16.2. The highest BCUT2D eigenvalue weighted by Gasteiger charge is 2.41. The monoisotopic (exact) mass is 595 g/mol. The van der Waals surface area contributed by atoms with Gasteiger partial charge in [0.25, 0.3) is 0 Å². The second kappa shape index (κ2) is 12.9. The predicted octanol–water partition coefficient (Wildman–Crippen LogP) is 7.11. The van der Waals surface area contributed by atoms with E-state index in [0.717, 1.165) is 55.7 Å². The number of para-hydroxylation sites is 1. The normalized spacial score (nSPS) is 18.9. The summed E-state index contributed by atoms with van der Waals surface area (Å²) in [5, 5.41) is 0. The number of carbonyl (C=O) groups excluding carboxylic acids is 2. The number of fused-ring (bicyclic) bond motifs is 2. The number of rotatable bonds is 9. The van der Waals surface area contributed by atoms with Gasteiger partial charge in [-0.1, -0.05) is 115 Å². The van der Waals surface area contributed by atoms with Crippen molar-refractivity contribution < 1.29 is 9.59 Å². The molecule has 2 aliphatic heterocycles. The zero-order valence-corrected chi connectivity index (χ0v) is 25.8. The zero-order chi connectivity index (χ0) is 30.6. The summed E-state index contributed by atoms with van der Waals surface area (Å²) in [6, 6.07) is 38.9. The largest absolute Gasteiger partial charge is 0.331 e. The third-order valence-electron chi connectivity index (χ3n) is 10.1. The molecule has 0 saturated carbocycles. The summed E-state index contributed by atoms with van der Waals surface area (Å²) in [7, 11) is 0. The molecule has 4 aromatic rings. The van der Waals surface area contributed by atoms with Gasteiger partial charge in [-0.25, -0.2) is 0 Å². The van der Waals surface area contributed by atoms with E-state index in [0.29, 0.717) is 13.1 Å². The highest BCUT2D eigenvalue weighted by molar-refractivity contribution is 5.99. The number of anilines is 1. The van der Waals surface area contributed by atoms with Crippen molar-refractivity contribution in [2.45, 2.75) is 37.1 Å². The number of amides is 2.